The standard InChI is InChI=1S/C22H24N4O3/c1-14(2)26-21-19(11-23-26)18(10-15(3)24-21)22(28)29-13-20(27)25-9-8-16-6-4-5-7-17(16)12-25/h4-7,10-11,14H,8-9,12-13H2,1-3H3. The van der Waals surface area contributed by atoms with E-state index in [-0.39, 0.29) is 18.6 Å². The molecule has 3 aromatic rings. The molecule has 0 unspecified atom stereocenters. The van der Waals surface area contributed by atoms with E-state index < -0.39 is 5.97 Å². The second-order valence-corrected chi connectivity index (χ2v) is 7.64. The van der Waals surface area contributed by atoms with Crippen LogP contribution in [0.1, 0.15) is 47.1 Å². The lowest BCUT2D eigenvalue weighted by atomic mass is 10.00. The lowest BCUT2D eigenvalue weighted by molar-refractivity contribution is -0.135. The Kier molecular flexibility index (Phi) is 5.05. The third-order valence-electron chi connectivity index (χ3n) is 5.21. The van der Waals surface area contributed by atoms with Gasteiger partial charge < -0.3 is 9.64 Å². The largest absolute Gasteiger partial charge is 0.452 e. The summed E-state index contributed by atoms with van der Waals surface area (Å²) in [5.74, 6) is -0.720. The SMILES string of the molecule is Cc1cc(C(=O)OCC(=O)N2CCc3ccccc3C2)c2cnn(C(C)C)c2n1. The minimum absolute atomic E-state index is 0.120. The van der Waals surface area contributed by atoms with Gasteiger partial charge >= 0.3 is 5.97 Å². The summed E-state index contributed by atoms with van der Waals surface area (Å²) in [6.07, 6.45) is 2.44. The van der Waals surface area contributed by atoms with E-state index in [1.54, 1.807) is 21.8 Å². The van der Waals surface area contributed by atoms with Crippen molar-refractivity contribution in [1.82, 2.24) is 19.7 Å². The van der Waals surface area contributed by atoms with Crippen LogP contribution < -0.4 is 0 Å². The number of carbonyl (C=O) groups excluding carboxylic acids is 2. The molecule has 1 aliphatic heterocycles. The van der Waals surface area contributed by atoms with Crippen LogP contribution in [-0.2, 0) is 22.5 Å². The molecule has 0 spiro atoms. The fourth-order valence-corrected chi connectivity index (χ4v) is 3.69. The van der Waals surface area contributed by atoms with E-state index in [0.717, 1.165) is 12.0 Å². The molecule has 1 aromatic carbocycles. The second kappa shape index (κ2) is 7.66. The maximum absolute atomic E-state index is 12.7. The van der Waals surface area contributed by atoms with Gasteiger partial charge in [-0.3, -0.25) is 4.79 Å². The molecule has 0 fully saturated rings. The number of carbonyl (C=O) groups is 2. The molecule has 29 heavy (non-hydrogen) atoms. The van der Waals surface area contributed by atoms with Crippen LogP contribution in [-0.4, -0.2) is 44.7 Å². The summed E-state index contributed by atoms with van der Waals surface area (Å²) in [7, 11) is 0. The van der Waals surface area contributed by atoms with Gasteiger partial charge in [0, 0.05) is 24.8 Å². The monoisotopic (exact) mass is 392 g/mol. The van der Waals surface area contributed by atoms with Crippen LogP contribution in [0.4, 0.5) is 0 Å². The van der Waals surface area contributed by atoms with Crippen molar-refractivity contribution in [2.24, 2.45) is 0 Å². The fourth-order valence-electron chi connectivity index (χ4n) is 3.69. The molecule has 0 radical (unpaired) electrons. The average molecular weight is 392 g/mol. The molecule has 1 amide bonds. The quantitative estimate of drug-likeness (QED) is 0.638. The maximum Gasteiger partial charge on any atom is 0.339 e. The summed E-state index contributed by atoms with van der Waals surface area (Å²) >= 11 is 0. The zero-order valence-electron chi connectivity index (χ0n) is 16.9. The molecule has 0 N–H and O–H groups in total. The summed E-state index contributed by atoms with van der Waals surface area (Å²) < 4.78 is 7.14. The lowest BCUT2D eigenvalue weighted by Crippen LogP contribution is -2.38. The highest BCUT2D eigenvalue weighted by Gasteiger charge is 2.23. The fraction of sp³-hybridized carbons (Fsp3) is 0.364. The normalized spacial score (nSPS) is 13.6. The Morgan fingerprint density at radius 2 is 1.97 bits per heavy atom. The minimum atomic E-state index is -0.533. The molecule has 2 aromatic heterocycles. The van der Waals surface area contributed by atoms with Gasteiger partial charge in [-0.1, -0.05) is 24.3 Å². The smallest absolute Gasteiger partial charge is 0.339 e. The van der Waals surface area contributed by atoms with Crippen molar-refractivity contribution in [2.45, 2.75) is 39.8 Å². The maximum atomic E-state index is 12.7. The van der Waals surface area contributed by atoms with Gasteiger partial charge in [-0.15, -0.1) is 0 Å². The summed E-state index contributed by atoms with van der Waals surface area (Å²) in [6.45, 7) is 6.74. The van der Waals surface area contributed by atoms with E-state index in [2.05, 4.69) is 16.1 Å². The van der Waals surface area contributed by atoms with Crippen molar-refractivity contribution in [3.8, 4) is 0 Å². The van der Waals surface area contributed by atoms with Gasteiger partial charge in [0.15, 0.2) is 12.3 Å². The van der Waals surface area contributed by atoms with E-state index in [1.165, 1.54) is 5.56 Å². The predicted octanol–water partition coefficient (Wildman–Crippen LogP) is 3.06. The molecule has 0 bridgehead atoms. The number of aromatic nitrogens is 3. The number of rotatable bonds is 4. The Balaban J connectivity index is 1.47. The number of nitrogens with zero attached hydrogens (tertiary/aromatic N) is 4. The molecule has 3 heterocycles. The van der Waals surface area contributed by atoms with Crippen LogP contribution in [0.5, 0.6) is 0 Å². The van der Waals surface area contributed by atoms with Crippen LogP contribution in [0.25, 0.3) is 11.0 Å². The molecule has 0 aliphatic carbocycles. The number of amides is 1. The highest BCUT2D eigenvalue weighted by molar-refractivity contribution is 6.03. The van der Waals surface area contributed by atoms with Crippen LogP contribution >= 0.6 is 0 Å². The molecule has 0 saturated heterocycles. The Morgan fingerprint density at radius 1 is 1.21 bits per heavy atom. The van der Waals surface area contributed by atoms with Crippen molar-refractivity contribution in [1.29, 1.82) is 0 Å². The first-order valence-corrected chi connectivity index (χ1v) is 9.80. The van der Waals surface area contributed by atoms with Gasteiger partial charge in [0.1, 0.15) is 0 Å². The number of pyridine rings is 1. The topological polar surface area (TPSA) is 77.3 Å². The molecule has 0 atom stereocenters. The summed E-state index contributed by atoms with van der Waals surface area (Å²) in [4.78, 5) is 31.5. The second-order valence-electron chi connectivity index (χ2n) is 7.64. The van der Waals surface area contributed by atoms with E-state index in [1.807, 2.05) is 39.0 Å². The minimum Gasteiger partial charge on any atom is -0.452 e. The Morgan fingerprint density at radius 3 is 2.72 bits per heavy atom. The van der Waals surface area contributed by atoms with Gasteiger partial charge in [-0.2, -0.15) is 5.10 Å². The van der Waals surface area contributed by atoms with Gasteiger partial charge in [-0.25, -0.2) is 14.5 Å². The number of fused-ring (bicyclic) bond motifs is 2. The Bertz CT molecular complexity index is 1090. The van der Waals surface area contributed by atoms with Crippen LogP contribution in [0.15, 0.2) is 36.5 Å². The van der Waals surface area contributed by atoms with E-state index in [0.29, 0.717) is 35.4 Å². The molecule has 1 aliphatic rings. The van der Waals surface area contributed by atoms with Crippen molar-refractivity contribution in [3.63, 3.8) is 0 Å². The molecular formula is C22H24N4O3. The van der Waals surface area contributed by atoms with Crippen LogP contribution in [0.3, 0.4) is 0 Å². The highest BCUT2D eigenvalue weighted by atomic mass is 16.5. The molecule has 150 valence electrons. The lowest BCUT2D eigenvalue weighted by Gasteiger charge is -2.28. The number of aryl methyl sites for hydroxylation is 1. The van der Waals surface area contributed by atoms with Crippen molar-refractivity contribution in [2.75, 3.05) is 13.2 Å². The predicted molar refractivity (Wildman–Crippen MR) is 108 cm³/mol. The van der Waals surface area contributed by atoms with Gasteiger partial charge in [-0.05, 0) is 44.4 Å². The molecular weight excluding hydrogens is 368 g/mol. The number of hydrogen-bond donors (Lipinski definition) is 0. The van der Waals surface area contributed by atoms with Gasteiger partial charge in [0.05, 0.1) is 17.1 Å². The average Bonchev–Trinajstić information content (AvgIpc) is 3.14. The van der Waals surface area contributed by atoms with Crippen molar-refractivity contribution in [3.05, 3.63) is 58.9 Å². The number of esters is 1. The van der Waals surface area contributed by atoms with Crippen molar-refractivity contribution >= 4 is 22.9 Å². The Hall–Kier alpha value is -3.22. The number of ether oxygens (including phenoxy) is 1. The highest BCUT2D eigenvalue weighted by Crippen LogP contribution is 2.22. The summed E-state index contributed by atoms with van der Waals surface area (Å²) in [6, 6.07) is 9.90. The number of benzene rings is 1. The third-order valence-corrected chi connectivity index (χ3v) is 5.21. The summed E-state index contributed by atoms with van der Waals surface area (Å²) in [5, 5.41) is 4.97. The molecule has 7 heteroatoms. The zero-order valence-corrected chi connectivity index (χ0v) is 16.9. The summed E-state index contributed by atoms with van der Waals surface area (Å²) in [5.41, 5.74) is 4.14. The molecule has 0 saturated carbocycles. The first-order valence-electron chi connectivity index (χ1n) is 9.80. The first-order chi connectivity index (χ1) is 13.9. The van der Waals surface area contributed by atoms with Gasteiger partial charge in [0.25, 0.3) is 5.91 Å². The Labute approximate surface area is 169 Å². The van der Waals surface area contributed by atoms with E-state index in [9.17, 15) is 9.59 Å². The zero-order chi connectivity index (χ0) is 20.5. The van der Waals surface area contributed by atoms with E-state index >= 15 is 0 Å². The van der Waals surface area contributed by atoms with E-state index in [4.69, 9.17) is 4.74 Å². The third kappa shape index (κ3) is 3.72. The van der Waals surface area contributed by atoms with Crippen LogP contribution in [0, 0.1) is 6.92 Å². The molecule has 4 rings (SSSR count). The first kappa shape index (κ1) is 19.1. The number of hydrogen-bond acceptors (Lipinski definition) is 5. The van der Waals surface area contributed by atoms with Gasteiger partial charge in [0.2, 0.25) is 0 Å². The van der Waals surface area contributed by atoms with Crippen LogP contribution in [0.2, 0.25) is 0 Å². The van der Waals surface area contributed by atoms with Crippen molar-refractivity contribution < 1.29 is 14.3 Å². The molecule has 7 nitrogen and oxygen atoms in total.